The van der Waals surface area contributed by atoms with Crippen LogP contribution in [-0.4, -0.2) is 4.57 Å². The third-order valence-corrected chi connectivity index (χ3v) is 3.28. The van der Waals surface area contributed by atoms with Gasteiger partial charge in [0.2, 0.25) is 5.43 Å². The van der Waals surface area contributed by atoms with E-state index in [2.05, 4.69) is 15.9 Å². The third-order valence-electron chi connectivity index (χ3n) is 2.41. The SMILES string of the molecule is Nc1cn(Cc2ccc(Cl)c(F)c2)cc(Br)c1=O. The Kier molecular flexibility index (Phi) is 3.73. The van der Waals surface area contributed by atoms with Crippen molar-refractivity contribution < 1.29 is 4.39 Å². The van der Waals surface area contributed by atoms with Gasteiger partial charge in [-0.05, 0) is 33.6 Å². The highest BCUT2D eigenvalue weighted by atomic mass is 79.9. The minimum Gasteiger partial charge on any atom is -0.394 e. The van der Waals surface area contributed by atoms with Gasteiger partial charge in [-0.3, -0.25) is 4.79 Å². The number of pyridine rings is 1. The van der Waals surface area contributed by atoms with Crippen LogP contribution < -0.4 is 11.2 Å². The molecule has 94 valence electrons. The van der Waals surface area contributed by atoms with Gasteiger partial charge in [0.05, 0.1) is 15.2 Å². The van der Waals surface area contributed by atoms with Gasteiger partial charge in [-0.2, -0.15) is 0 Å². The summed E-state index contributed by atoms with van der Waals surface area (Å²) in [4.78, 5) is 11.4. The van der Waals surface area contributed by atoms with Gasteiger partial charge in [-0.15, -0.1) is 0 Å². The molecule has 3 nitrogen and oxygen atoms in total. The van der Waals surface area contributed by atoms with Crippen molar-refractivity contribution in [2.24, 2.45) is 0 Å². The van der Waals surface area contributed by atoms with Crippen molar-refractivity contribution in [3.63, 3.8) is 0 Å². The van der Waals surface area contributed by atoms with Gasteiger partial charge in [-0.1, -0.05) is 17.7 Å². The van der Waals surface area contributed by atoms with E-state index in [1.165, 1.54) is 18.3 Å². The molecule has 0 bridgehead atoms. The van der Waals surface area contributed by atoms with Crippen LogP contribution in [0.4, 0.5) is 10.1 Å². The average molecular weight is 332 g/mol. The van der Waals surface area contributed by atoms with E-state index in [-0.39, 0.29) is 16.1 Å². The van der Waals surface area contributed by atoms with E-state index < -0.39 is 5.82 Å². The van der Waals surface area contributed by atoms with E-state index >= 15 is 0 Å². The number of nitrogen functional groups attached to an aromatic ring is 1. The first-order chi connectivity index (χ1) is 8.47. The number of hydrogen-bond acceptors (Lipinski definition) is 2. The largest absolute Gasteiger partial charge is 0.394 e. The molecular weight excluding hydrogens is 322 g/mol. The van der Waals surface area contributed by atoms with Crippen molar-refractivity contribution in [1.29, 1.82) is 0 Å². The Balaban J connectivity index is 2.34. The van der Waals surface area contributed by atoms with Crippen molar-refractivity contribution in [2.45, 2.75) is 6.54 Å². The van der Waals surface area contributed by atoms with Gasteiger partial charge in [0, 0.05) is 18.9 Å². The van der Waals surface area contributed by atoms with E-state index in [1.54, 1.807) is 16.8 Å². The van der Waals surface area contributed by atoms with Crippen LogP contribution in [-0.2, 0) is 6.54 Å². The van der Waals surface area contributed by atoms with Crippen LogP contribution >= 0.6 is 27.5 Å². The Hall–Kier alpha value is -1.33. The molecule has 18 heavy (non-hydrogen) atoms. The van der Waals surface area contributed by atoms with E-state index in [4.69, 9.17) is 17.3 Å². The molecule has 2 rings (SSSR count). The first-order valence-corrected chi connectivity index (χ1v) is 6.23. The Labute approximate surface area is 116 Å². The highest BCUT2D eigenvalue weighted by Gasteiger charge is 2.05. The highest BCUT2D eigenvalue weighted by molar-refractivity contribution is 9.10. The molecular formula is C12H9BrClFN2O. The van der Waals surface area contributed by atoms with E-state index in [0.717, 1.165) is 5.56 Å². The summed E-state index contributed by atoms with van der Waals surface area (Å²) in [6, 6.07) is 4.56. The minimum absolute atomic E-state index is 0.0827. The quantitative estimate of drug-likeness (QED) is 0.919. The molecule has 0 aliphatic carbocycles. The Morgan fingerprint density at radius 3 is 2.72 bits per heavy atom. The fourth-order valence-electron chi connectivity index (χ4n) is 1.56. The maximum Gasteiger partial charge on any atom is 0.218 e. The first-order valence-electron chi connectivity index (χ1n) is 5.06. The lowest BCUT2D eigenvalue weighted by Gasteiger charge is -2.08. The lowest BCUT2D eigenvalue weighted by molar-refractivity contribution is 0.624. The predicted molar refractivity (Wildman–Crippen MR) is 73.3 cm³/mol. The molecule has 0 saturated heterocycles. The molecule has 0 aliphatic heterocycles. The van der Waals surface area contributed by atoms with Gasteiger partial charge in [0.15, 0.2) is 0 Å². The number of hydrogen-bond donors (Lipinski definition) is 1. The van der Waals surface area contributed by atoms with Gasteiger partial charge in [0.1, 0.15) is 5.82 Å². The molecule has 2 aromatic rings. The molecule has 1 heterocycles. The predicted octanol–water partition coefficient (Wildman–Crippen LogP) is 3.03. The molecule has 0 radical (unpaired) electrons. The number of anilines is 1. The maximum atomic E-state index is 13.3. The van der Waals surface area contributed by atoms with Crippen LogP contribution in [0, 0.1) is 5.82 Å². The van der Waals surface area contributed by atoms with Crippen molar-refractivity contribution >= 4 is 33.2 Å². The monoisotopic (exact) mass is 330 g/mol. The second kappa shape index (κ2) is 5.12. The van der Waals surface area contributed by atoms with Crippen LogP contribution in [0.1, 0.15) is 5.56 Å². The van der Waals surface area contributed by atoms with Crippen LogP contribution in [0.25, 0.3) is 0 Å². The standard InChI is InChI=1S/C12H9BrClFN2O/c13-8-5-17(6-11(16)12(8)18)4-7-1-2-9(14)10(15)3-7/h1-3,5-6H,4,16H2. The zero-order valence-electron chi connectivity index (χ0n) is 9.16. The number of benzene rings is 1. The fourth-order valence-corrected chi connectivity index (χ4v) is 2.17. The molecule has 1 aromatic carbocycles. The number of halogens is 3. The van der Waals surface area contributed by atoms with Crippen LogP contribution in [0.3, 0.4) is 0 Å². The van der Waals surface area contributed by atoms with Crippen molar-refractivity contribution in [3.8, 4) is 0 Å². The maximum absolute atomic E-state index is 13.3. The Bertz CT molecular complexity index is 631. The molecule has 0 saturated carbocycles. The molecule has 0 unspecified atom stereocenters. The second-order valence-corrected chi connectivity index (χ2v) is 5.07. The van der Waals surface area contributed by atoms with E-state index in [9.17, 15) is 9.18 Å². The van der Waals surface area contributed by atoms with Gasteiger partial charge >= 0.3 is 0 Å². The molecule has 0 fully saturated rings. The number of aromatic nitrogens is 1. The molecule has 0 aliphatic rings. The van der Waals surface area contributed by atoms with Gasteiger partial charge < -0.3 is 10.3 Å². The summed E-state index contributed by atoms with van der Waals surface area (Å²) < 4.78 is 15.3. The lowest BCUT2D eigenvalue weighted by atomic mass is 10.2. The normalized spacial score (nSPS) is 10.6. The van der Waals surface area contributed by atoms with Crippen molar-refractivity contribution in [3.05, 3.63) is 61.7 Å². The van der Waals surface area contributed by atoms with E-state index in [0.29, 0.717) is 11.0 Å². The second-order valence-electron chi connectivity index (χ2n) is 3.81. The summed E-state index contributed by atoms with van der Waals surface area (Å²) in [7, 11) is 0. The smallest absolute Gasteiger partial charge is 0.218 e. The lowest BCUT2D eigenvalue weighted by Crippen LogP contribution is -2.13. The Morgan fingerprint density at radius 1 is 1.39 bits per heavy atom. The first kappa shape index (κ1) is 13.1. The van der Waals surface area contributed by atoms with Crippen LogP contribution in [0.5, 0.6) is 0 Å². The number of rotatable bonds is 2. The topological polar surface area (TPSA) is 48.0 Å². The van der Waals surface area contributed by atoms with Crippen LogP contribution in [0.15, 0.2) is 39.9 Å². The Morgan fingerprint density at radius 2 is 2.11 bits per heavy atom. The minimum atomic E-state index is -0.470. The summed E-state index contributed by atoms with van der Waals surface area (Å²) in [6.07, 6.45) is 3.12. The third kappa shape index (κ3) is 2.73. The number of nitrogens with two attached hydrogens (primary N) is 1. The zero-order valence-corrected chi connectivity index (χ0v) is 11.5. The van der Waals surface area contributed by atoms with Gasteiger partial charge in [-0.25, -0.2) is 4.39 Å². The zero-order chi connectivity index (χ0) is 13.3. The van der Waals surface area contributed by atoms with Crippen molar-refractivity contribution in [1.82, 2.24) is 4.57 Å². The van der Waals surface area contributed by atoms with Gasteiger partial charge in [0.25, 0.3) is 0 Å². The summed E-state index contributed by atoms with van der Waals surface area (Å²) in [5, 5.41) is 0.0827. The molecule has 2 N–H and O–H groups in total. The van der Waals surface area contributed by atoms with Crippen molar-refractivity contribution in [2.75, 3.05) is 5.73 Å². The molecule has 6 heteroatoms. The summed E-state index contributed by atoms with van der Waals surface area (Å²) in [6.45, 7) is 0.400. The summed E-state index contributed by atoms with van der Waals surface area (Å²) >= 11 is 8.73. The van der Waals surface area contributed by atoms with E-state index in [1.807, 2.05) is 0 Å². The average Bonchev–Trinajstić information content (AvgIpc) is 2.31. The summed E-state index contributed by atoms with van der Waals surface area (Å²) in [5.74, 6) is -0.470. The fraction of sp³-hybridized carbons (Fsp3) is 0.0833. The van der Waals surface area contributed by atoms with Crippen LogP contribution in [0.2, 0.25) is 5.02 Å². The summed E-state index contributed by atoms with van der Waals surface area (Å²) in [5.41, 5.74) is 6.18. The number of nitrogens with zero attached hydrogens (tertiary/aromatic N) is 1. The molecule has 0 spiro atoms. The molecule has 0 amide bonds. The highest BCUT2D eigenvalue weighted by Crippen LogP contribution is 2.17. The molecule has 1 aromatic heterocycles. The molecule has 0 atom stereocenters.